The molecule has 1 aromatic carbocycles. The molecule has 0 radical (unpaired) electrons. The SMILES string of the molecule is CC(OS(C)(=O)=O)(C(=O)c1ccccc1)C(=O)N1CCOCC1. The molecule has 1 aliphatic rings. The van der Waals surface area contributed by atoms with Crippen LogP contribution < -0.4 is 0 Å². The van der Waals surface area contributed by atoms with Gasteiger partial charge in [0.25, 0.3) is 16.0 Å². The zero-order valence-electron chi connectivity index (χ0n) is 13.0. The van der Waals surface area contributed by atoms with E-state index in [1.807, 2.05) is 0 Å². The summed E-state index contributed by atoms with van der Waals surface area (Å²) in [6, 6.07) is 8.01. The van der Waals surface area contributed by atoms with Gasteiger partial charge in [-0.15, -0.1) is 0 Å². The van der Waals surface area contributed by atoms with Gasteiger partial charge in [0.1, 0.15) is 0 Å². The van der Waals surface area contributed by atoms with E-state index in [2.05, 4.69) is 0 Å². The van der Waals surface area contributed by atoms with Crippen molar-refractivity contribution in [1.29, 1.82) is 0 Å². The fourth-order valence-corrected chi connectivity index (χ4v) is 3.16. The highest BCUT2D eigenvalue weighted by Crippen LogP contribution is 2.23. The normalized spacial score (nSPS) is 18.3. The topological polar surface area (TPSA) is 90.0 Å². The summed E-state index contributed by atoms with van der Waals surface area (Å²) in [6.07, 6.45) is 0.816. The minimum Gasteiger partial charge on any atom is -0.378 e. The first-order chi connectivity index (χ1) is 10.7. The van der Waals surface area contributed by atoms with Crippen molar-refractivity contribution in [3.63, 3.8) is 0 Å². The molecule has 23 heavy (non-hydrogen) atoms. The lowest BCUT2D eigenvalue weighted by molar-refractivity contribution is -0.146. The van der Waals surface area contributed by atoms with Crippen LogP contribution in [0.4, 0.5) is 0 Å². The Kier molecular flexibility index (Phi) is 5.18. The summed E-state index contributed by atoms with van der Waals surface area (Å²) >= 11 is 0. The fourth-order valence-electron chi connectivity index (χ4n) is 2.41. The highest BCUT2D eigenvalue weighted by Gasteiger charge is 2.48. The first kappa shape index (κ1) is 17.6. The first-order valence-corrected chi connectivity index (χ1v) is 8.93. The van der Waals surface area contributed by atoms with Gasteiger partial charge in [0.2, 0.25) is 11.4 Å². The van der Waals surface area contributed by atoms with Gasteiger partial charge in [-0.1, -0.05) is 30.3 Å². The highest BCUT2D eigenvalue weighted by molar-refractivity contribution is 7.86. The van der Waals surface area contributed by atoms with Crippen LogP contribution in [0.1, 0.15) is 17.3 Å². The average molecular weight is 341 g/mol. The van der Waals surface area contributed by atoms with Crippen LogP contribution in [0.3, 0.4) is 0 Å². The van der Waals surface area contributed by atoms with Crippen LogP contribution in [0.15, 0.2) is 30.3 Å². The molecule has 0 spiro atoms. The minimum absolute atomic E-state index is 0.209. The van der Waals surface area contributed by atoms with Crippen molar-refractivity contribution in [3.8, 4) is 0 Å². The number of carbonyl (C=O) groups is 2. The second kappa shape index (κ2) is 6.77. The molecule has 1 heterocycles. The fraction of sp³-hybridized carbons (Fsp3) is 0.467. The van der Waals surface area contributed by atoms with Crippen LogP contribution >= 0.6 is 0 Å². The lowest BCUT2D eigenvalue weighted by Gasteiger charge is -2.34. The summed E-state index contributed by atoms with van der Waals surface area (Å²) in [7, 11) is -4.02. The lowest BCUT2D eigenvalue weighted by atomic mass is 9.93. The number of ether oxygens (including phenoxy) is 1. The van der Waals surface area contributed by atoms with Crippen LogP contribution in [0.25, 0.3) is 0 Å². The maximum Gasteiger partial charge on any atom is 0.265 e. The quantitative estimate of drug-likeness (QED) is 0.439. The Hall–Kier alpha value is -1.77. The van der Waals surface area contributed by atoms with E-state index in [0.717, 1.165) is 6.26 Å². The second-order valence-electron chi connectivity index (χ2n) is 5.42. The van der Waals surface area contributed by atoms with E-state index in [-0.39, 0.29) is 18.7 Å². The zero-order chi connectivity index (χ0) is 17.1. The van der Waals surface area contributed by atoms with Crippen molar-refractivity contribution < 1.29 is 26.9 Å². The minimum atomic E-state index is -4.02. The number of rotatable bonds is 5. The highest BCUT2D eigenvalue weighted by atomic mass is 32.2. The Balaban J connectivity index is 2.39. The number of amides is 1. The maximum absolute atomic E-state index is 12.8. The van der Waals surface area contributed by atoms with Gasteiger partial charge in [-0.2, -0.15) is 8.42 Å². The molecule has 0 aliphatic carbocycles. The van der Waals surface area contributed by atoms with Crippen LogP contribution in [0.5, 0.6) is 0 Å². The first-order valence-electron chi connectivity index (χ1n) is 7.11. The van der Waals surface area contributed by atoms with Crippen LogP contribution in [0, 0.1) is 0 Å². The molecule has 1 amide bonds. The van der Waals surface area contributed by atoms with Crippen LogP contribution in [-0.4, -0.2) is 63.2 Å². The monoisotopic (exact) mass is 341 g/mol. The molecule has 1 aliphatic heterocycles. The molecule has 0 aromatic heterocycles. The summed E-state index contributed by atoms with van der Waals surface area (Å²) in [5.74, 6) is -1.37. The van der Waals surface area contributed by atoms with E-state index in [4.69, 9.17) is 8.92 Å². The Labute approximate surface area is 135 Å². The van der Waals surface area contributed by atoms with Crippen molar-refractivity contribution in [2.75, 3.05) is 32.6 Å². The number of morpholine rings is 1. The third kappa shape index (κ3) is 4.15. The van der Waals surface area contributed by atoms with Crippen molar-refractivity contribution in [2.45, 2.75) is 12.5 Å². The Bertz CT molecular complexity index is 681. The summed E-state index contributed by atoms with van der Waals surface area (Å²) < 4.78 is 33.3. The summed E-state index contributed by atoms with van der Waals surface area (Å²) in [5, 5.41) is 0. The third-order valence-electron chi connectivity index (χ3n) is 3.49. The summed E-state index contributed by atoms with van der Waals surface area (Å²) in [4.78, 5) is 26.9. The molecule has 1 aromatic rings. The number of carbonyl (C=O) groups excluding carboxylic acids is 2. The summed E-state index contributed by atoms with van der Waals surface area (Å²) in [6.45, 7) is 2.43. The lowest BCUT2D eigenvalue weighted by Crippen LogP contribution is -2.57. The van der Waals surface area contributed by atoms with Gasteiger partial charge in [0, 0.05) is 18.7 Å². The van der Waals surface area contributed by atoms with E-state index in [9.17, 15) is 18.0 Å². The van der Waals surface area contributed by atoms with Crippen molar-refractivity contribution in [1.82, 2.24) is 4.90 Å². The second-order valence-corrected chi connectivity index (χ2v) is 7.00. The number of Topliss-reactive ketones (excluding diaryl/α,β-unsaturated/α-hetero) is 1. The molecule has 1 saturated heterocycles. The molecular formula is C15H19NO6S. The van der Waals surface area contributed by atoms with Crippen molar-refractivity contribution >= 4 is 21.8 Å². The Morgan fingerprint density at radius 1 is 1.17 bits per heavy atom. The molecule has 8 heteroatoms. The van der Waals surface area contributed by atoms with Gasteiger partial charge < -0.3 is 9.64 Å². The molecular weight excluding hydrogens is 322 g/mol. The van der Waals surface area contributed by atoms with E-state index >= 15 is 0 Å². The molecule has 1 unspecified atom stereocenters. The number of hydrogen-bond donors (Lipinski definition) is 0. The Morgan fingerprint density at radius 3 is 2.26 bits per heavy atom. The molecule has 0 N–H and O–H groups in total. The number of hydrogen-bond acceptors (Lipinski definition) is 6. The molecule has 126 valence electrons. The number of nitrogens with zero attached hydrogens (tertiary/aromatic N) is 1. The summed E-state index contributed by atoms with van der Waals surface area (Å²) in [5.41, 5.74) is -1.92. The largest absolute Gasteiger partial charge is 0.378 e. The van der Waals surface area contributed by atoms with Gasteiger partial charge in [0.15, 0.2) is 0 Å². The van der Waals surface area contributed by atoms with Crippen LogP contribution in [-0.2, 0) is 23.8 Å². The standard InChI is InChI=1S/C15H19NO6S/c1-15(22-23(2,19)20,13(17)12-6-4-3-5-7-12)14(18)16-8-10-21-11-9-16/h3-7H,8-11H2,1-2H3. The Morgan fingerprint density at radius 2 is 1.74 bits per heavy atom. The number of benzene rings is 1. The average Bonchev–Trinajstić information content (AvgIpc) is 2.53. The molecule has 1 fully saturated rings. The molecule has 0 bridgehead atoms. The van der Waals surface area contributed by atoms with Gasteiger partial charge in [-0.3, -0.25) is 9.59 Å². The van der Waals surface area contributed by atoms with Gasteiger partial charge >= 0.3 is 0 Å². The van der Waals surface area contributed by atoms with Gasteiger partial charge in [-0.05, 0) is 6.92 Å². The van der Waals surface area contributed by atoms with Crippen molar-refractivity contribution in [2.24, 2.45) is 0 Å². The van der Waals surface area contributed by atoms with Gasteiger partial charge in [-0.25, -0.2) is 4.18 Å². The third-order valence-corrected chi connectivity index (χ3v) is 4.13. The molecule has 7 nitrogen and oxygen atoms in total. The van der Waals surface area contributed by atoms with Crippen molar-refractivity contribution in [3.05, 3.63) is 35.9 Å². The predicted molar refractivity (Wildman–Crippen MR) is 82.5 cm³/mol. The van der Waals surface area contributed by atoms with E-state index in [1.54, 1.807) is 18.2 Å². The van der Waals surface area contributed by atoms with Gasteiger partial charge in [0.05, 0.1) is 19.5 Å². The molecule has 0 saturated carbocycles. The smallest absolute Gasteiger partial charge is 0.265 e. The molecule has 1 atom stereocenters. The van der Waals surface area contributed by atoms with Crippen LogP contribution in [0.2, 0.25) is 0 Å². The predicted octanol–water partition coefficient (Wildman–Crippen LogP) is 0.463. The zero-order valence-corrected chi connectivity index (χ0v) is 13.8. The number of ketones is 1. The maximum atomic E-state index is 12.8. The van der Waals surface area contributed by atoms with E-state index in [1.165, 1.54) is 24.0 Å². The van der Waals surface area contributed by atoms with E-state index < -0.39 is 27.4 Å². The molecule has 2 rings (SSSR count). The van der Waals surface area contributed by atoms with E-state index in [0.29, 0.717) is 13.2 Å².